The summed E-state index contributed by atoms with van der Waals surface area (Å²) < 4.78 is 4.49. The fourth-order valence-electron chi connectivity index (χ4n) is 1.35. The average molecular weight is 262 g/mol. The van der Waals surface area contributed by atoms with Crippen molar-refractivity contribution in [3.8, 4) is 0 Å². The minimum atomic E-state index is -0.646. The Labute approximate surface area is 108 Å². The van der Waals surface area contributed by atoms with E-state index in [0.717, 1.165) is 6.07 Å². The Balaban J connectivity index is 3.11. The Kier molecular flexibility index (Phi) is 5.06. The van der Waals surface area contributed by atoms with E-state index in [4.69, 9.17) is 5.53 Å². The highest BCUT2D eigenvalue weighted by atomic mass is 16.6. The molecule has 0 saturated carbocycles. The van der Waals surface area contributed by atoms with Crippen LogP contribution >= 0.6 is 0 Å². The molecule has 0 atom stereocenters. The van der Waals surface area contributed by atoms with Gasteiger partial charge in [0.25, 0.3) is 5.69 Å². The van der Waals surface area contributed by atoms with Crippen LogP contribution in [0.3, 0.4) is 0 Å². The van der Waals surface area contributed by atoms with Gasteiger partial charge in [-0.1, -0.05) is 17.3 Å². The van der Waals surface area contributed by atoms with E-state index in [1.807, 2.05) is 0 Å². The van der Waals surface area contributed by atoms with Crippen LogP contribution in [0.25, 0.3) is 16.5 Å². The smallest absolute Gasteiger partial charge is 0.338 e. The monoisotopic (exact) mass is 262 g/mol. The largest absolute Gasteiger partial charge is 0.465 e. The molecule has 0 fully saturated rings. The van der Waals surface area contributed by atoms with E-state index in [2.05, 4.69) is 14.8 Å². The van der Waals surface area contributed by atoms with E-state index in [9.17, 15) is 14.9 Å². The first-order valence-corrected chi connectivity index (χ1v) is 5.14. The molecule has 0 bridgehead atoms. The van der Waals surface area contributed by atoms with Crippen molar-refractivity contribution >= 4 is 17.7 Å². The molecule has 0 unspecified atom stereocenters. The molecule has 1 aromatic carbocycles. The molecule has 0 saturated heterocycles. The number of ether oxygens (including phenoxy) is 1. The lowest BCUT2D eigenvalue weighted by atomic mass is 10.1. The second-order valence-electron chi connectivity index (χ2n) is 3.34. The molecule has 0 radical (unpaired) electrons. The van der Waals surface area contributed by atoms with Crippen molar-refractivity contribution < 1.29 is 14.5 Å². The molecule has 1 rings (SSSR count). The second kappa shape index (κ2) is 6.77. The summed E-state index contributed by atoms with van der Waals surface area (Å²) in [5.74, 6) is -0.646. The Morgan fingerprint density at radius 1 is 1.63 bits per heavy atom. The molecule has 8 heteroatoms. The zero-order valence-electron chi connectivity index (χ0n) is 10.0. The fourth-order valence-corrected chi connectivity index (χ4v) is 1.35. The Morgan fingerprint density at radius 2 is 2.37 bits per heavy atom. The molecule has 0 amide bonds. The van der Waals surface area contributed by atoms with E-state index in [1.54, 1.807) is 0 Å². The third-order valence-corrected chi connectivity index (χ3v) is 2.20. The molecule has 98 valence electrons. The number of carbonyl (C=O) groups is 1. The van der Waals surface area contributed by atoms with Crippen molar-refractivity contribution in [1.82, 2.24) is 0 Å². The Morgan fingerprint density at radius 3 is 2.95 bits per heavy atom. The molecular weight excluding hydrogens is 252 g/mol. The number of hydrogen-bond donors (Lipinski definition) is 0. The molecule has 0 aliphatic rings. The van der Waals surface area contributed by atoms with Crippen LogP contribution in [-0.4, -0.2) is 24.5 Å². The SMILES string of the molecule is COC(=O)c1ccc(C=CCN=[N+]=[N-])c([N+](=O)[O-])c1. The summed E-state index contributed by atoms with van der Waals surface area (Å²) in [6.45, 7) is 0.0897. The zero-order chi connectivity index (χ0) is 14.3. The summed E-state index contributed by atoms with van der Waals surface area (Å²) in [6.07, 6.45) is 2.94. The van der Waals surface area contributed by atoms with Gasteiger partial charge in [-0.05, 0) is 17.7 Å². The molecule has 1 aromatic rings. The third kappa shape index (κ3) is 3.83. The highest BCUT2D eigenvalue weighted by molar-refractivity contribution is 5.90. The van der Waals surface area contributed by atoms with E-state index in [1.165, 1.54) is 31.4 Å². The summed E-state index contributed by atoms with van der Waals surface area (Å²) in [5, 5.41) is 14.2. The maximum atomic E-state index is 11.3. The normalized spacial score (nSPS) is 9.95. The number of rotatable bonds is 5. The van der Waals surface area contributed by atoms with Crippen molar-refractivity contribution in [2.45, 2.75) is 0 Å². The summed E-state index contributed by atoms with van der Waals surface area (Å²) in [5.41, 5.74) is 8.28. The van der Waals surface area contributed by atoms with Gasteiger partial charge in [0.2, 0.25) is 0 Å². The van der Waals surface area contributed by atoms with Crippen molar-refractivity contribution in [2.24, 2.45) is 5.11 Å². The van der Waals surface area contributed by atoms with Gasteiger partial charge >= 0.3 is 5.97 Å². The number of nitrogens with zero attached hydrogens (tertiary/aromatic N) is 4. The van der Waals surface area contributed by atoms with Gasteiger partial charge in [-0.15, -0.1) is 0 Å². The van der Waals surface area contributed by atoms with Crippen LogP contribution in [0.15, 0.2) is 29.4 Å². The van der Waals surface area contributed by atoms with Gasteiger partial charge in [-0.3, -0.25) is 10.1 Å². The lowest BCUT2D eigenvalue weighted by Crippen LogP contribution is -2.02. The van der Waals surface area contributed by atoms with Crippen LogP contribution in [0.1, 0.15) is 15.9 Å². The maximum absolute atomic E-state index is 11.3. The highest BCUT2D eigenvalue weighted by Crippen LogP contribution is 2.22. The number of azide groups is 1. The van der Waals surface area contributed by atoms with Crippen LogP contribution in [0.2, 0.25) is 0 Å². The minimum absolute atomic E-state index is 0.0897. The van der Waals surface area contributed by atoms with Crippen LogP contribution in [0.4, 0.5) is 5.69 Å². The number of esters is 1. The second-order valence-corrected chi connectivity index (χ2v) is 3.34. The zero-order valence-corrected chi connectivity index (χ0v) is 10.0. The van der Waals surface area contributed by atoms with Gasteiger partial charge < -0.3 is 4.74 Å². The summed E-state index contributed by atoms with van der Waals surface area (Å²) in [7, 11) is 1.20. The number of nitro benzene ring substituents is 1. The third-order valence-electron chi connectivity index (χ3n) is 2.20. The van der Waals surface area contributed by atoms with E-state index >= 15 is 0 Å². The maximum Gasteiger partial charge on any atom is 0.338 e. The number of hydrogen-bond acceptors (Lipinski definition) is 5. The van der Waals surface area contributed by atoms with Crippen molar-refractivity contribution in [3.05, 3.63) is 56.0 Å². The predicted octanol–water partition coefficient (Wildman–Crippen LogP) is 2.70. The van der Waals surface area contributed by atoms with Gasteiger partial charge in [-0.25, -0.2) is 4.79 Å². The van der Waals surface area contributed by atoms with Gasteiger partial charge in [0.1, 0.15) is 0 Å². The van der Waals surface area contributed by atoms with Crippen LogP contribution in [0.5, 0.6) is 0 Å². The first-order chi connectivity index (χ1) is 9.10. The average Bonchev–Trinajstić information content (AvgIpc) is 2.42. The van der Waals surface area contributed by atoms with E-state index in [0.29, 0.717) is 5.56 Å². The minimum Gasteiger partial charge on any atom is -0.465 e. The van der Waals surface area contributed by atoms with E-state index in [-0.39, 0.29) is 17.8 Å². The molecule has 0 aliphatic heterocycles. The first-order valence-electron chi connectivity index (χ1n) is 5.14. The Hall–Kier alpha value is -2.86. The molecule has 0 aliphatic carbocycles. The fraction of sp³-hybridized carbons (Fsp3) is 0.182. The lowest BCUT2D eigenvalue weighted by Gasteiger charge is -2.01. The van der Waals surface area contributed by atoms with E-state index < -0.39 is 10.9 Å². The van der Waals surface area contributed by atoms with Crippen molar-refractivity contribution in [3.63, 3.8) is 0 Å². The van der Waals surface area contributed by atoms with Gasteiger partial charge in [0, 0.05) is 17.5 Å². The molecule has 0 spiro atoms. The first kappa shape index (κ1) is 14.2. The summed E-state index contributed by atoms with van der Waals surface area (Å²) >= 11 is 0. The Bertz CT molecular complexity index is 576. The molecule has 0 N–H and O–H groups in total. The van der Waals surface area contributed by atoms with Crippen LogP contribution in [0, 0.1) is 10.1 Å². The standard InChI is InChI=1S/C11H10N4O4/c1-19-11(16)9-5-4-8(3-2-6-13-14-12)10(7-9)15(17)18/h2-5,7H,6H2,1H3. The molecular formula is C11H10N4O4. The van der Waals surface area contributed by atoms with Crippen molar-refractivity contribution in [2.75, 3.05) is 13.7 Å². The topological polar surface area (TPSA) is 118 Å². The number of nitro groups is 1. The number of benzene rings is 1. The number of methoxy groups -OCH3 is 1. The molecule has 19 heavy (non-hydrogen) atoms. The quantitative estimate of drug-likeness (QED) is 0.202. The molecule has 0 aromatic heterocycles. The van der Waals surface area contributed by atoms with Crippen LogP contribution in [-0.2, 0) is 4.74 Å². The molecule has 0 heterocycles. The summed E-state index contributed by atoms with van der Waals surface area (Å²) in [4.78, 5) is 24.1. The molecule has 8 nitrogen and oxygen atoms in total. The van der Waals surface area contributed by atoms with Crippen molar-refractivity contribution in [1.29, 1.82) is 0 Å². The van der Waals surface area contributed by atoms with Gasteiger partial charge in [0.15, 0.2) is 0 Å². The van der Waals surface area contributed by atoms with Gasteiger partial charge in [-0.2, -0.15) is 0 Å². The predicted molar refractivity (Wildman–Crippen MR) is 67.5 cm³/mol. The van der Waals surface area contributed by atoms with Gasteiger partial charge in [0.05, 0.1) is 23.2 Å². The summed E-state index contributed by atoms with van der Waals surface area (Å²) in [6, 6.07) is 3.99. The van der Waals surface area contributed by atoms with Crippen LogP contribution < -0.4 is 0 Å². The number of carbonyl (C=O) groups excluding carboxylic acids is 1. The lowest BCUT2D eigenvalue weighted by molar-refractivity contribution is -0.385. The highest BCUT2D eigenvalue weighted by Gasteiger charge is 2.16.